The lowest BCUT2D eigenvalue weighted by Gasteiger charge is -2.22. The Balaban J connectivity index is 1.46. The third-order valence-electron chi connectivity index (χ3n) is 5.50. The van der Waals surface area contributed by atoms with E-state index in [1.807, 2.05) is 50.2 Å². The molecule has 35 heavy (non-hydrogen) atoms. The number of anilines is 1. The topological polar surface area (TPSA) is 78.9 Å². The molecule has 0 aliphatic carbocycles. The van der Waals surface area contributed by atoms with E-state index >= 15 is 0 Å². The van der Waals surface area contributed by atoms with Crippen LogP contribution in [0.5, 0.6) is 23.0 Å². The second-order valence-corrected chi connectivity index (χ2v) is 8.27. The van der Waals surface area contributed by atoms with Crippen molar-refractivity contribution < 1.29 is 23.7 Å². The Morgan fingerprint density at radius 3 is 2.20 bits per heavy atom. The van der Waals surface area contributed by atoms with Crippen LogP contribution in [0.3, 0.4) is 0 Å². The summed E-state index contributed by atoms with van der Waals surface area (Å²) in [6.07, 6.45) is 0.824. The minimum atomic E-state index is -0.512. The standard InChI is InChI=1S/C28H28N2O5/c1-18(2)27(19-8-6-5-7-9-19)35-28(31)30-20-10-12-21(13-11-20)34-24-14-15-29-23-17-26(33-4)25(32-3)16-22(23)24/h5-18,27H,1-4H3,(H,30,31). The van der Waals surface area contributed by atoms with Gasteiger partial charge >= 0.3 is 6.09 Å². The average Bonchev–Trinajstić information content (AvgIpc) is 2.88. The number of hydrogen-bond donors (Lipinski definition) is 1. The number of ether oxygens (including phenoxy) is 4. The van der Waals surface area contributed by atoms with Gasteiger partial charge in [-0.1, -0.05) is 44.2 Å². The van der Waals surface area contributed by atoms with Crippen LogP contribution in [-0.2, 0) is 4.74 Å². The van der Waals surface area contributed by atoms with Gasteiger partial charge in [0.1, 0.15) is 17.6 Å². The number of carbonyl (C=O) groups is 1. The van der Waals surface area contributed by atoms with E-state index in [0.29, 0.717) is 28.7 Å². The van der Waals surface area contributed by atoms with Gasteiger partial charge in [-0.25, -0.2) is 4.79 Å². The van der Waals surface area contributed by atoms with E-state index in [0.717, 1.165) is 16.5 Å². The van der Waals surface area contributed by atoms with Crippen molar-refractivity contribution in [3.8, 4) is 23.0 Å². The number of benzene rings is 3. The number of hydrogen-bond acceptors (Lipinski definition) is 6. The molecule has 1 unspecified atom stereocenters. The van der Waals surface area contributed by atoms with Crippen LogP contribution < -0.4 is 19.5 Å². The number of amides is 1. The van der Waals surface area contributed by atoms with E-state index in [1.165, 1.54) is 0 Å². The summed E-state index contributed by atoms with van der Waals surface area (Å²) < 4.78 is 22.6. The molecule has 7 nitrogen and oxygen atoms in total. The van der Waals surface area contributed by atoms with Crippen molar-refractivity contribution in [2.75, 3.05) is 19.5 Å². The number of nitrogens with one attached hydrogen (secondary N) is 1. The summed E-state index contributed by atoms with van der Waals surface area (Å²) in [5, 5.41) is 3.58. The summed E-state index contributed by atoms with van der Waals surface area (Å²) >= 11 is 0. The number of nitrogens with zero attached hydrogens (tertiary/aromatic N) is 1. The van der Waals surface area contributed by atoms with Crippen molar-refractivity contribution in [2.45, 2.75) is 20.0 Å². The summed E-state index contributed by atoms with van der Waals surface area (Å²) in [5.74, 6) is 2.55. The molecule has 4 aromatic rings. The highest BCUT2D eigenvalue weighted by Gasteiger charge is 2.20. The van der Waals surface area contributed by atoms with Crippen LogP contribution in [0.4, 0.5) is 10.5 Å². The lowest BCUT2D eigenvalue weighted by molar-refractivity contribution is 0.0821. The maximum absolute atomic E-state index is 12.5. The van der Waals surface area contributed by atoms with Gasteiger partial charge in [0.05, 0.1) is 19.7 Å². The molecule has 1 N–H and O–H groups in total. The number of pyridine rings is 1. The first-order chi connectivity index (χ1) is 17.0. The van der Waals surface area contributed by atoms with Crippen LogP contribution in [0.25, 0.3) is 10.9 Å². The average molecular weight is 473 g/mol. The van der Waals surface area contributed by atoms with Crippen molar-refractivity contribution in [3.05, 3.63) is 84.6 Å². The summed E-state index contributed by atoms with van der Waals surface area (Å²) in [5.41, 5.74) is 2.28. The molecule has 0 saturated heterocycles. The highest BCUT2D eigenvalue weighted by Crippen LogP contribution is 2.37. The first-order valence-electron chi connectivity index (χ1n) is 11.3. The lowest BCUT2D eigenvalue weighted by atomic mass is 9.99. The summed E-state index contributed by atoms with van der Waals surface area (Å²) in [7, 11) is 3.17. The second kappa shape index (κ2) is 10.8. The second-order valence-electron chi connectivity index (χ2n) is 8.27. The smallest absolute Gasteiger partial charge is 0.412 e. The molecule has 1 atom stereocenters. The molecule has 0 aliphatic heterocycles. The molecule has 0 bridgehead atoms. The fourth-order valence-electron chi connectivity index (χ4n) is 3.76. The molecule has 1 aromatic heterocycles. The Bertz CT molecular complexity index is 1290. The van der Waals surface area contributed by atoms with Gasteiger partial charge < -0.3 is 18.9 Å². The van der Waals surface area contributed by atoms with Crippen molar-refractivity contribution in [3.63, 3.8) is 0 Å². The van der Waals surface area contributed by atoms with E-state index < -0.39 is 6.09 Å². The molecule has 0 spiro atoms. The molecule has 3 aromatic carbocycles. The van der Waals surface area contributed by atoms with Crippen LogP contribution in [0, 0.1) is 5.92 Å². The van der Waals surface area contributed by atoms with Crippen LogP contribution in [0.15, 0.2) is 79.0 Å². The van der Waals surface area contributed by atoms with Crippen LogP contribution in [-0.4, -0.2) is 25.3 Å². The molecule has 1 heterocycles. The van der Waals surface area contributed by atoms with E-state index in [4.69, 9.17) is 18.9 Å². The number of aromatic nitrogens is 1. The van der Waals surface area contributed by atoms with Crippen molar-refractivity contribution >= 4 is 22.7 Å². The molecule has 7 heteroatoms. The SMILES string of the molecule is COc1cc2nccc(Oc3ccc(NC(=O)OC(c4ccccc4)C(C)C)cc3)c2cc1OC. The first-order valence-corrected chi connectivity index (χ1v) is 11.3. The third kappa shape index (κ3) is 5.63. The Morgan fingerprint density at radius 1 is 0.857 bits per heavy atom. The molecule has 0 saturated carbocycles. The van der Waals surface area contributed by atoms with E-state index in [-0.39, 0.29) is 12.0 Å². The van der Waals surface area contributed by atoms with Crippen LogP contribution in [0.2, 0.25) is 0 Å². The van der Waals surface area contributed by atoms with Gasteiger partial charge in [-0.3, -0.25) is 10.3 Å². The maximum atomic E-state index is 12.5. The van der Waals surface area contributed by atoms with E-state index in [1.54, 1.807) is 56.8 Å². The number of rotatable bonds is 8. The molecule has 4 rings (SSSR count). The van der Waals surface area contributed by atoms with Gasteiger partial charge in [-0.2, -0.15) is 0 Å². The molecule has 1 amide bonds. The zero-order valence-corrected chi connectivity index (χ0v) is 20.1. The Morgan fingerprint density at radius 2 is 1.54 bits per heavy atom. The van der Waals surface area contributed by atoms with Gasteiger partial charge in [0.25, 0.3) is 0 Å². The lowest BCUT2D eigenvalue weighted by Crippen LogP contribution is -2.20. The number of fused-ring (bicyclic) bond motifs is 1. The van der Waals surface area contributed by atoms with Gasteiger partial charge in [-0.15, -0.1) is 0 Å². The van der Waals surface area contributed by atoms with Gasteiger partial charge in [-0.05, 0) is 47.9 Å². The third-order valence-corrected chi connectivity index (χ3v) is 5.50. The summed E-state index contributed by atoms with van der Waals surface area (Å²) in [4.78, 5) is 16.9. The molecule has 0 fully saturated rings. The fraction of sp³-hybridized carbons (Fsp3) is 0.214. The first kappa shape index (κ1) is 23.9. The quantitative estimate of drug-likeness (QED) is 0.298. The summed E-state index contributed by atoms with van der Waals surface area (Å²) in [6.45, 7) is 4.04. The minimum Gasteiger partial charge on any atom is -0.493 e. The van der Waals surface area contributed by atoms with Crippen LogP contribution >= 0.6 is 0 Å². The predicted molar refractivity (Wildman–Crippen MR) is 135 cm³/mol. The minimum absolute atomic E-state index is 0.132. The predicted octanol–water partition coefficient (Wildman–Crippen LogP) is 6.99. The molecular formula is C28H28N2O5. The molecule has 180 valence electrons. The van der Waals surface area contributed by atoms with Gasteiger partial charge in [0, 0.05) is 23.3 Å². The van der Waals surface area contributed by atoms with Crippen molar-refractivity contribution in [1.82, 2.24) is 4.98 Å². The Labute approximate surface area is 204 Å². The zero-order chi connectivity index (χ0) is 24.8. The Hall–Kier alpha value is -4.26. The summed E-state index contributed by atoms with van der Waals surface area (Å²) in [6, 6.07) is 22.2. The zero-order valence-electron chi connectivity index (χ0n) is 20.1. The largest absolute Gasteiger partial charge is 0.493 e. The number of methoxy groups -OCH3 is 2. The highest BCUT2D eigenvalue weighted by atomic mass is 16.6. The normalized spacial score (nSPS) is 11.7. The van der Waals surface area contributed by atoms with Gasteiger partial charge in [0.15, 0.2) is 11.5 Å². The van der Waals surface area contributed by atoms with Crippen LogP contribution in [0.1, 0.15) is 25.5 Å². The Kier molecular flexibility index (Phi) is 7.35. The maximum Gasteiger partial charge on any atom is 0.412 e. The molecule has 0 radical (unpaired) electrons. The fourth-order valence-corrected chi connectivity index (χ4v) is 3.76. The number of carbonyl (C=O) groups excluding carboxylic acids is 1. The van der Waals surface area contributed by atoms with E-state index in [9.17, 15) is 4.79 Å². The molecule has 0 aliphatic rings. The van der Waals surface area contributed by atoms with Gasteiger partial charge in [0.2, 0.25) is 0 Å². The molecular weight excluding hydrogens is 444 g/mol. The van der Waals surface area contributed by atoms with Crippen molar-refractivity contribution in [1.29, 1.82) is 0 Å². The highest BCUT2D eigenvalue weighted by molar-refractivity contribution is 5.88. The monoisotopic (exact) mass is 472 g/mol. The van der Waals surface area contributed by atoms with E-state index in [2.05, 4.69) is 10.3 Å². The van der Waals surface area contributed by atoms with Crippen molar-refractivity contribution in [2.24, 2.45) is 5.92 Å².